The van der Waals surface area contributed by atoms with Gasteiger partial charge in [0, 0.05) is 0 Å². The summed E-state index contributed by atoms with van der Waals surface area (Å²) in [5.41, 5.74) is 2.85. The molecular formula is C27H29FO5. The van der Waals surface area contributed by atoms with Crippen molar-refractivity contribution in [2.24, 2.45) is 0 Å². The third-order valence-corrected chi connectivity index (χ3v) is 5.62. The van der Waals surface area contributed by atoms with Crippen LogP contribution >= 0.6 is 0 Å². The van der Waals surface area contributed by atoms with Crippen LogP contribution in [0.2, 0.25) is 0 Å². The van der Waals surface area contributed by atoms with Gasteiger partial charge in [-0.1, -0.05) is 91.0 Å². The molecule has 0 spiro atoms. The van der Waals surface area contributed by atoms with E-state index in [1.807, 2.05) is 91.0 Å². The van der Waals surface area contributed by atoms with Gasteiger partial charge in [0.15, 0.2) is 6.29 Å². The summed E-state index contributed by atoms with van der Waals surface area (Å²) in [7, 11) is 0. The average Bonchev–Trinajstić information content (AvgIpc) is 2.87. The molecule has 1 saturated heterocycles. The highest BCUT2D eigenvalue weighted by Gasteiger charge is 2.47. The van der Waals surface area contributed by atoms with Crippen molar-refractivity contribution in [2.45, 2.75) is 50.5 Å². The van der Waals surface area contributed by atoms with Gasteiger partial charge in [0.1, 0.15) is 31.1 Å². The van der Waals surface area contributed by atoms with Crippen LogP contribution in [0.4, 0.5) is 4.39 Å². The van der Waals surface area contributed by atoms with E-state index in [1.165, 1.54) is 0 Å². The van der Waals surface area contributed by atoms with Crippen molar-refractivity contribution in [1.29, 1.82) is 0 Å². The lowest BCUT2D eigenvalue weighted by Gasteiger charge is -2.43. The lowest BCUT2D eigenvalue weighted by molar-refractivity contribution is -0.313. The molecule has 5 atom stereocenters. The van der Waals surface area contributed by atoms with Gasteiger partial charge in [0.2, 0.25) is 0 Å². The minimum absolute atomic E-state index is 0.253. The van der Waals surface area contributed by atoms with Gasteiger partial charge in [0.05, 0.1) is 19.8 Å². The number of hydrogen-bond donors (Lipinski definition) is 1. The summed E-state index contributed by atoms with van der Waals surface area (Å²) < 4.78 is 37.9. The monoisotopic (exact) mass is 452 g/mol. The molecule has 3 unspecified atom stereocenters. The highest BCUT2D eigenvalue weighted by molar-refractivity contribution is 5.15. The largest absolute Gasteiger partial charge is 0.368 e. The standard InChI is InChI=1S/C27H29FO5/c28-16-23-24(30-17-20-10-4-1-5-11-20)25(31-18-21-12-6-2-7-13-21)26(27(29)33-23)32-19-22-14-8-3-9-15-22/h1-15,23-27,29H,16-19H2/t23?,24-,25?,26?,27-/m1/s1. The molecule has 0 aliphatic carbocycles. The molecule has 1 heterocycles. The lowest BCUT2D eigenvalue weighted by atomic mass is 9.98. The molecule has 1 N–H and O–H groups in total. The van der Waals surface area contributed by atoms with Crippen molar-refractivity contribution in [3.63, 3.8) is 0 Å². The summed E-state index contributed by atoms with van der Waals surface area (Å²) in [5, 5.41) is 10.7. The Morgan fingerprint density at radius 2 is 1.00 bits per heavy atom. The fourth-order valence-electron chi connectivity index (χ4n) is 3.89. The Labute approximate surface area is 193 Å². The summed E-state index contributed by atoms with van der Waals surface area (Å²) in [6.07, 6.45) is -4.66. The Hall–Kier alpha value is -2.61. The molecule has 0 saturated carbocycles. The first-order valence-electron chi connectivity index (χ1n) is 11.1. The second-order valence-corrected chi connectivity index (χ2v) is 8.00. The summed E-state index contributed by atoms with van der Waals surface area (Å²) in [6.45, 7) is -0.0262. The van der Waals surface area contributed by atoms with E-state index in [2.05, 4.69) is 0 Å². The van der Waals surface area contributed by atoms with E-state index in [0.717, 1.165) is 16.7 Å². The van der Waals surface area contributed by atoms with Gasteiger partial charge >= 0.3 is 0 Å². The smallest absolute Gasteiger partial charge is 0.184 e. The van der Waals surface area contributed by atoms with Crippen molar-refractivity contribution >= 4 is 0 Å². The molecule has 3 aromatic carbocycles. The van der Waals surface area contributed by atoms with Crippen molar-refractivity contribution in [3.8, 4) is 0 Å². The molecule has 3 aromatic rings. The minimum Gasteiger partial charge on any atom is -0.368 e. The van der Waals surface area contributed by atoms with Crippen LogP contribution in [0.15, 0.2) is 91.0 Å². The molecule has 33 heavy (non-hydrogen) atoms. The summed E-state index contributed by atoms with van der Waals surface area (Å²) in [4.78, 5) is 0. The Kier molecular flexibility index (Phi) is 8.58. The van der Waals surface area contributed by atoms with Crippen LogP contribution in [0.3, 0.4) is 0 Å². The molecular weight excluding hydrogens is 423 g/mol. The number of benzene rings is 3. The van der Waals surface area contributed by atoms with Crippen molar-refractivity contribution in [1.82, 2.24) is 0 Å². The third kappa shape index (κ3) is 6.47. The predicted molar refractivity (Wildman–Crippen MR) is 122 cm³/mol. The van der Waals surface area contributed by atoms with E-state index in [1.54, 1.807) is 0 Å². The van der Waals surface area contributed by atoms with E-state index in [9.17, 15) is 9.50 Å². The lowest BCUT2D eigenvalue weighted by Crippen LogP contribution is -2.60. The number of rotatable bonds is 10. The second-order valence-electron chi connectivity index (χ2n) is 8.00. The van der Waals surface area contributed by atoms with Crippen LogP contribution in [0, 0.1) is 0 Å². The number of aliphatic hydroxyl groups is 1. The maximum Gasteiger partial charge on any atom is 0.184 e. The summed E-state index contributed by atoms with van der Waals surface area (Å²) in [6, 6.07) is 28.9. The normalized spacial score (nSPS) is 25.1. The fraction of sp³-hybridized carbons (Fsp3) is 0.333. The molecule has 6 heteroatoms. The van der Waals surface area contributed by atoms with Crippen LogP contribution < -0.4 is 0 Å². The van der Waals surface area contributed by atoms with Gasteiger partial charge in [-0.05, 0) is 16.7 Å². The fourth-order valence-corrected chi connectivity index (χ4v) is 3.89. The van der Waals surface area contributed by atoms with Gasteiger partial charge < -0.3 is 24.1 Å². The van der Waals surface area contributed by atoms with E-state index in [4.69, 9.17) is 18.9 Å². The zero-order valence-corrected chi connectivity index (χ0v) is 18.3. The molecule has 0 radical (unpaired) electrons. The maximum atomic E-state index is 13.9. The molecule has 1 aliphatic heterocycles. The predicted octanol–water partition coefficient (Wildman–Crippen LogP) is 4.43. The van der Waals surface area contributed by atoms with Crippen LogP contribution in [-0.4, -0.2) is 42.5 Å². The molecule has 1 aliphatic rings. The SMILES string of the molecule is O[C@@H]1OC(CF)[C@@H](OCc2ccccc2)C(OCc2ccccc2)C1OCc1ccccc1. The number of ether oxygens (including phenoxy) is 4. The maximum absolute atomic E-state index is 13.9. The quantitative estimate of drug-likeness (QED) is 0.493. The molecule has 0 amide bonds. The van der Waals surface area contributed by atoms with E-state index in [0.29, 0.717) is 0 Å². The van der Waals surface area contributed by atoms with Gasteiger partial charge in [-0.25, -0.2) is 4.39 Å². The zero-order valence-electron chi connectivity index (χ0n) is 18.3. The highest BCUT2D eigenvalue weighted by atomic mass is 19.1. The van der Waals surface area contributed by atoms with Crippen molar-refractivity contribution < 1.29 is 28.4 Å². The number of hydrogen-bond acceptors (Lipinski definition) is 5. The zero-order chi connectivity index (χ0) is 22.9. The number of alkyl halides is 1. The Bertz CT molecular complexity index is 941. The Morgan fingerprint density at radius 1 is 0.606 bits per heavy atom. The Morgan fingerprint density at radius 3 is 1.42 bits per heavy atom. The topological polar surface area (TPSA) is 57.2 Å². The van der Waals surface area contributed by atoms with Gasteiger partial charge in [0.25, 0.3) is 0 Å². The first-order chi connectivity index (χ1) is 16.2. The minimum atomic E-state index is -1.34. The second kappa shape index (κ2) is 12.0. The summed E-state index contributed by atoms with van der Waals surface area (Å²) in [5.74, 6) is 0. The first-order valence-corrected chi connectivity index (χ1v) is 11.1. The first kappa shape index (κ1) is 23.5. The van der Waals surface area contributed by atoms with Crippen LogP contribution in [-0.2, 0) is 38.8 Å². The highest BCUT2D eigenvalue weighted by Crippen LogP contribution is 2.29. The van der Waals surface area contributed by atoms with Crippen molar-refractivity contribution in [2.75, 3.05) is 6.67 Å². The molecule has 0 aromatic heterocycles. The van der Waals surface area contributed by atoms with E-state index >= 15 is 0 Å². The average molecular weight is 453 g/mol. The molecule has 174 valence electrons. The van der Waals surface area contributed by atoms with Gasteiger partial charge in [-0.3, -0.25) is 0 Å². The van der Waals surface area contributed by atoms with Gasteiger partial charge in [-0.2, -0.15) is 0 Å². The van der Waals surface area contributed by atoms with Crippen LogP contribution in [0.25, 0.3) is 0 Å². The van der Waals surface area contributed by atoms with Crippen LogP contribution in [0.1, 0.15) is 16.7 Å². The number of aliphatic hydroxyl groups excluding tert-OH is 1. The molecule has 0 bridgehead atoms. The Balaban J connectivity index is 1.53. The van der Waals surface area contributed by atoms with Crippen LogP contribution in [0.5, 0.6) is 0 Å². The van der Waals surface area contributed by atoms with E-state index in [-0.39, 0.29) is 19.8 Å². The van der Waals surface area contributed by atoms with E-state index < -0.39 is 37.4 Å². The molecule has 1 fully saturated rings. The van der Waals surface area contributed by atoms with Gasteiger partial charge in [-0.15, -0.1) is 0 Å². The number of halogens is 1. The van der Waals surface area contributed by atoms with Crippen molar-refractivity contribution in [3.05, 3.63) is 108 Å². The third-order valence-electron chi connectivity index (χ3n) is 5.62. The molecule has 4 rings (SSSR count). The molecule has 5 nitrogen and oxygen atoms in total. The summed E-state index contributed by atoms with van der Waals surface area (Å²) >= 11 is 0.